The first-order valence-electron chi connectivity index (χ1n) is 7.30. The number of aliphatic hydroxyl groups is 1. The van der Waals surface area contributed by atoms with Crippen LogP contribution in [0.4, 0.5) is 0 Å². The van der Waals surface area contributed by atoms with Gasteiger partial charge in [-0.2, -0.15) is 0 Å². The second kappa shape index (κ2) is 8.43. The van der Waals surface area contributed by atoms with Crippen molar-refractivity contribution in [3.63, 3.8) is 0 Å². The van der Waals surface area contributed by atoms with Gasteiger partial charge in [-0.15, -0.1) is 0 Å². The lowest BCUT2D eigenvalue weighted by Gasteiger charge is -2.34. The summed E-state index contributed by atoms with van der Waals surface area (Å²) in [5.41, 5.74) is -1.04. The molecule has 2 atom stereocenters. The smallest absolute Gasteiger partial charge is 0.388 e. The molecule has 1 rings (SSSR count). The molecule has 1 aliphatic heterocycles. The molecule has 0 aliphatic carbocycles. The van der Waals surface area contributed by atoms with E-state index in [9.17, 15) is 5.11 Å². The van der Waals surface area contributed by atoms with E-state index in [1.807, 2.05) is 20.8 Å². The highest BCUT2D eigenvalue weighted by molar-refractivity contribution is 6.61. The van der Waals surface area contributed by atoms with E-state index in [0.29, 0.717) is 32.5 Å². The van der Waals surface area contributed by atoms with E-state index < -0.39 is 14.4 Å². The van der Waals surface area contributed by atoms with Crippen molar-refractivity contribution in [1.82, 2.24) is 0 Å². The van der Waals surface area contributed by atoms with Crippen LogP contribution < -0.4 is 0 Å². The predicted octanol–water partition coefficient (Wildman–Crippen LogP) is 1.20. The molecule has 0 bridgehead atoms. The third-order valence-corrected chi connectivity index (χ3v) is 6.19. The van der Waals surface area contributed by atoms with E-state index >= 15 is 0 Å². The highest BCUT2D eigenvalue weighted by Crippen LogP contribution is 2.25. The van der Waals surface area contributed by atoms with Crippen LogP contribution in [-0.2, 0) is 22.8 Å². The van der Waals surface area contributed by atoms with Crippen molar-refractivity contribution in [2.45, 2.75) is 45.4 Å². The minimum atomic E-state index is -2.85. The Morgan fingerprint density at radius 1 is 1.15 bits per heavy atom. The Morgan fingerprint density at radius 2 is 1.65 bits per heavy atom. The molecule has 0 saturated carbocycles. The summed E-state index contributed by atoms with van der Waals surface area (Å²) in [5, 5.41) is 10.5. The fraction of sp³-hybridized carbons (Fsp3) is 1.00. The van der Waals surface area contributed by atoms with Gasteiger partial charge in [0.2, 0.25) is 0 Å². The van der Waals surface area contributed by atoms with E-state index in [2.05, 4.69) is 0 Å². The summed E-state index contributed by atoms with van der Waals surface area (Å²) in [6.07, 6.45) is 0.193. The van der Waals surface area contributed by atoms with Gasteiger partial charge in [0.25, 0.3) is 0 Å². The van der Waals surface area contributed by atoms with Crippen LogP contribution in [0, 0.1) is 0 Å². The zero-order valence-corrected chi connectivity index (χ0v) is 14.0. The van der Waals surface area contributed by atoms with Crippen LogP contribution in [0.25, 0.3) is 0 Å². The molecule has 120 valence electrons. The minimum absolute atomic E-state index is 0.193. The molecule has 0 aromatic heterocycles. The van der Waals surface area contributed by atoms with Crippen LogP contribution in [0.5, 0.6) is 0 Å². The van der Waals surface area contributed by atoms with Crippen LogP contribution in [0.2, 0.25) is 6.04 Å². The molecule has 20 heavy (non-hydrogen) atoms. The van der Waals surface area contributed by atoms with Crippen LogP contribution in [0.3, 0.4) is 0 Å². The summed E-state index contributed by atoms with van der Waals surface area (Å²) in [5.74, 6) is 0. The van der Waals surface area contributed by atoms with Gasteiger partial charge in [0, 0.05) is 25.9 Å². The Labute approximate surface area is 122 Å². The van der Waals surface area contributed by atoms with Gasteiger partial charge >= 0.3 is 8.80 Å². The molecule has 0 aromatic carbocycles. The minimum Gasteiger partial charge on any atom is -0.388 e. The van der Waals surface area contributed by atoms with Crippen LogP contribution in [0.15, 0.2) is 0 Å². The summed E-state index contributed by atoms with van der Waals surface area (Å²) in [6, 6.07) is 0.320. The first kappa shape index (κ1) is 18.0. The zero-order valence-electron chi connectivity index (χ0n) is 13.0. The summed E-state index contributed by atoms with van der Waals surface area (Å²) in [6.45, 7) is 10.4. The fourth-order valence-corrected chi connectivity index (χ4v) is 4.94. The second-order valence-corrected chi connectivity index (χ2v) is 7.71. The Bertz CT molecular complexity index is 253. The number of ether oxygens (including phenoxy) is 2. The van der Waals surface area contributed by atoms with Gasteiger partial charge in [0.05, 0.1) is 25.4 Å². The molecule has 2 unspecified atom stereocenters. The van der Waals surface area contributed by atoms with Crippen molar-refractivity contribution < 1.29 is 27.9 Å². The molecular weight excluding hydrogens is 280 g/mol. The lowest BCUT2D eigenvalue weighted by molar-refractivity contribution is -0.0406. The van der Waals surface area contributed by atoms with Crippen LogP contribution >= 0.6 is 0 Å². The average molecular weight is 308 g/mol. The van der Waals surface area contributed by atoms with Crippen molar-refractivity contribution in [3.8, 4) is 0 Å². The normalized spacial score (nSPS) is 21.8. The first-order chi connectivity index (χ1) is 9.47. The SMILES string of the molecule is CCO[Si](CC(C)(O)COCC1CO1)(OCC)OCC. The van der Waals surface area contributed by atoms with E-state index in [0.717, 1.165) is 6.61 Å². The van der Waals surface area contributed by atoms with Crippen molar-refractivity contribution in [1.29, 1.82) is 0 Å². The largest absolute Gasteiger partial charge is 0.503 e. The van der Waals surface area contributed by atoms with Gasteiger partial charge in [-0.25, -0.2) is 0 Å². The lowest BCUT2D eigenvalue weighted by atomic mass is 10.1. The van der Waals surface area contributed by atoms with Gasteiger partial charge in [-0.3, -0.25) is 0 Å². The lowest BCUT2D eigenvalue weighted by Crippen LogP contribution is -2.52. The molecule has 7 heteroatoms. The maximum absolute atomic E-state index is 10.5. The topological polar surface area (TPSA) is 69.7 Å². The average Bonchev–Trinajstić information content (AvgIpc) is 3.13. The Kier molecular flexibility index (Phi) is 7.60. The molecule has 1 N–H and O–H groups in total. The number of rotatable bonds is 12. The van der Waals surface area contributed by atoms with E-state index in [4.69, 9.17) is 22.8 Å². The van der Waals surface area contributed by atoms with Gasteiger partial charge in [0.15, 0.2) is 0 Å². The molecule has 0 amide bonds. The molecule has 6 nitrogen and oxygen atoms in total. The number of epoxide rings is 1. The van der Waals surface area contributed by atoms with Crippen molar-refractivity contribution in [3.05, 3.63) is 0 Å². The monoisotopic (exact) mass is 308 g/mol. The van der Waals surface area contributed by atoms with E-state index in [-0.39, 0.29) is 12.7 Å². The third kappa shape index (κ3) is 6.62. The summed E-state index contributed by atoms with van der Waals surface area (Å²) in [7, 11) is -2.85. The summed E-state index contributed by atoms with van der Waals surface area (Å²) < 4.78 is 27.8. The van der Waals surface area contributed by atoms with E-state index in [1.54, 1.807) is 6.92 Å². The maximum Gasteiger partial charge on any atom is 0.503 e. The van der Waals surface area contributed by atoms with Crippen molar-refractivity contribution in [2.75, 3.05) is 39.6 Å². The van der Waals surface area contributed by atoms with Crippen molar-refractivity contribution in [2.24, 2.45) is 0 Å². The molecular formula is C13H28O6Si. The van der Waals surface area contributed by atoms with Gasteiger partial charge in [-0.1, -0.05) is 0 Å². The standard InChI is InChI=1S/C13H28O6Si/c1-5-17-20(18-6-2,19-7-3)11-13(4,14)10-15-8-12-9-16-12/h12,14H,5-11H2,1-4H3. The maximum atomic E-state index is 10.5. The van der Waals surface area contributed by atoms with Crippen LogP contribution in [0.1, 0.15) is 27.7 Å². The fourth-order valence-electron chi connectivity index (χ4n) is 2.03. The molecule has 1 fully saturated rings. The predicted molar refractivity (Wildman–Crippen MR) is 76.6 cm³/mol. The Balaban J connectivity index is 2.53. The molecule has 1 heterocycles. The third-order valence-electron chi connectivity index (χ3n) is 2.81. The highest BCUT2D eigenvalue weighted by Gasteiger charge is 2.47. The summed E-state index contributed by atoms with van der Waals surface area (Å²) >= 11 is 0. The second-order valence-electron chi connectivity index (χ2n) is 5.13. The van der Waals surface area contributed by atoms with Gasteiger partial charge in [-0.05, 0) is 27.7 Å². The first-order valence-corrected chi connectivity index (χ1v) is 9.23. The molecule has 0 aromatic rings. The van der Waals surface area contributed by atoms with Crippen molar-refractivity contribution >= 4 is 8.80 Å². The van der Waals surface area contributed by atoms with Gasteiger partial charge < -0.3 is 27.9 Å². The number of hydrogen-bond donors (Lipinski definition) is 1. The molecule has 1 saturated heterocycles. The quantitative estimate of drug-likeness (QED) is 0.431. The van der Waals surface area contributed by atoms with Gasteiger partial charge in [0.1, 0.15) is 6.10 Å². The summed E-state index contributed by atoms with van der Waals surface area (Å²) in [4.78, 5) is 0. The molecule has 0 radical (unpaired) electrons. The van der Waals surface area contributed by atoms with E-state index in [1.165, 1.54) is 0 Å². The highest BCUT2D eigenvalue weighted by atomic mass is 28.4. The zero-order chi connectivity index (χ0) is 15.1. The molecule has 1 aliphatic rings. The Hall–Kier alpha value is -0.0231. The Morgan fingerprint density at radius 3 is 2.05 bits per heavy atom. The van der Waals surface area contributed by atoms with Crippen LogP contribution in [-0.4, -0.2) is 65.3 Å². The number of hydrogen-bond acceptors (Lipinski definition) is 6. The molecule has 0 spiro atoms.